The van der Waals surface area contributed by atoms with E-state index in [4.69, 9.17) is 0 Å². The van der Waals surface area contributed by atoms with Gasteiger partial charge in [-0.15, -0.1) is 0 Å². The Morgan fingerprint density at radius 3 is 2.11 bits per heavy atom. The number of hydrogen-bond donors (Lipinski definition) is 0. The molecule has 0 atom stereocenters. The highest BCUT2D eigenvalue weighted by Gasteiger charge is 2.13. The minimum absolute atomic E-state index is 0.194. The molecule has 0 radical (unpaired) electrons. The van der Waals surface area contributed by atoms with Gasteiger partial charge in [0.1, 0.15) is 6.29 Å². The number of aldehydes is 1. The van der Waals surface area contributed by atoms with E-state index in [2.05, 4.69) is 6.92 Å². The molecule has 0 unspecified atom stereocenters. The molecular formula is C15H22O3S. The molecular weight excluding hydrogens is 260 g/mol. The van der Waals surface area contributed by atoms with Crippen LogP contribution in [0.3, 0.4) is 0 Å². The van der Waals surface area contributed by atoms with E-state index in [1.54, 1.807) is 12.1 Å². The van der Waals surface area contributed by atoms with Crippen LogP contribution in [0.2, 0.25) is 0 Å². The van der Waals surface area contributed by atoms with Gasteiger partial charge in [-0.05, 0) is 18.6 Å². The third kappa shape index (κ3) is 5.55. The van der Waals surface area contributed by atoms with Crippen LogP contribution in [0.4, 0.5) is 0 Å². The molecule has 19 heavy (non-hydrogen) atoms. The molecule has 0 aliphatic rings. The first-order valence-electron chi connectivity index (χ1n) is 6.88. The molecule has 1 aromatic rings. The topological polar surface area (TPSA) is 51.2 Å². The fourth-order valence-corrected chi connectivity index (χ4v) is 3.31. The lowest BCUT2D eigenvalue weighted by Gasteiger charge is -2.04. The first-order valence-corrected chi connectivity index (χ1v) is 8.53. The molecule has 1 rings (SSSR count). The monoisotopic (exact) mass is 282 g/mol. The fraction of sp³-hybridized carbons (Fsp3) is 0.533. The van der Waals surface area contributed by atoms with Gasteiger partial charge in [0, 0.05) is 5.56 Å². The highest BCUT2D eigenvalue weighted by atomic mass is 32.2. The van der Waals surface area contributed by atoms with Gasteiger partial charge in [0.25, 0.3) is 0 Å². The summed E-state index contributed by atoms with van der Waals surface area (Å²) >= 11 is 0. The fourth-order valence-electron chi connectivity index (χ4n) is 1.94. The van der Waals surface area contributed by atoms with Gasteiger partial charge in [-0.1, -0.05) is 51.2 Å². The van der Waals surface area contributed by atoms with Gasteiger partial charge in [0.05, 0.1) is 10.6 Å². The second-order valence-corrected chi connectivity index (χ2v) is 6.88. The number of benzene rings is 1. The van der Waals surface area contributed by atoms with Crippen LogP contribution in [-0.2, 0) is 9.84 Å². The van der Waals surface area contributed by atoms with Crippen LogP contribution < -0.4 is 0 Å². The van der Waals surface area contributed by atoms with Crippen molar-refractivity contribution >= 4 is 16.1 Å². The van der Waals surface area contributed by atoms with Crippen molar-refractivity contribution in [2.45, 2.75) is 50.3 Å². The van der Waals surface area contributed by atoms with Crippen molar-refractivity contribution in [2.75, 3.05) is 5.75 Å². The summed E-state index contributed by atoms with van der Waals surface area (Å²) in [7, 11) is -3.19. The number of rotatable bonds is 9. The lowest BCUT2D eigenvalue weighted by molar-refractivity contribution is 0.112. The molecule has 0 amide bonds. The molecule has 0 aromatic heterocycles. The third-order valence-electron chi connectivity index (χ3n) is 3.14. The van der Waals surface area contributed by atoms with E-state index in [-0.39, 0.29) is 5.75 Å². The van der Waals surface area contributed by atoms with Gasteiger partial charge in [-0.3, -0.25) is 4.79 Å². The van der Waals surface area contributed by atoms with Crippen LogP contribution in [0.5, 0.6) is 0 Å². The molecule has 0 fully saturated rings. The van der Waals surface area contributed by atoms with Crippen molar-refractivity contribution in [1.82, 2.24) is 0 Å². The molecule has 0 aliphatic heterocycles. The van der Waals surface area contributed by atoms with Gasteiger partial charge in [0.15, 0.2) is 9.84 Å². The van der Waals surface area contributed by atoms with Crippen LogP contribution in [-0.4, -0.2) is 20.5 Å². The molecule has 0 heterocycles. The average molecular weight is 282 g/mol. The zero-order valence-corrected chi connectivity index (χ0v) is 12.3. The van der Waals surface area contributed by atoms with Crippen molar-refractivity contribution in [2.24, 2.45) is 0 Å². The van der Waals surface area contributed by atoms with E-state index < -0.39 is 9.84 Å². The van der Waals surface area contributed by atoms with Crippen molar-refractivity contribution in [1.29, 1.82) is 0 Å². The number of carbonyl (C=O) groups is 1. The van der Waals surface area contributed by atoms with Gasteiger partial charge in [0.2, 0.25) is 0 Å². The minimum atomic E-state index is -3.19. The van der Waals surface area contributed by atoms with E-state index in [9.17, 15) is 13.2 Å². The minimum Gasteiger partial charge on any atom is -0.298 e. The van der Waals surface area contributed by atoms with Crippen LogP contribution in [0.15, 0.2) is 29.2 Å². The highest BCUT2D eigenvalue weighted by Crippen LogP contribution is 2.14. The highest BCUT2D eigenvalue weighted by molar-refractivity contribution is 7.91. The van der Waals surface area contributed by atoms with Gasteiger partial charge in [-0.2, -0.15) is 0 Å². The molecule has 0 saturated heterocycles. The largest absolute Gasteiger partial charge is 0.298 e. The predicted octanol–water partition coefficient (Wildman–Crippen LogP) is 3.63. The Balaban J connectivity index is 2.44. The third-order valence-corrected chi connectivity index (χ3v) is 4.96. The Bertz CT molecular complexity index is 475. The number of sulfone groups is 1. The summed E-state index contributed by atoms with van der Waals surface area (Å²) < 4.78 is 24.1. The lowest BCUT2D eigenvalue weighted by atomic mass is 10.1. The quantitative estimate of drug-likeness (QED) is 0.513. The summed E-state index contributed by atoms with van der Waals surface area (Å²) in [6, 6.07) is 6.11. The Kier molecular flexibility index (Phi) is 6.78. The SMILES string of the molecule is CCCCCCCCS(=O)(=O)c1ccc(C=O)cc1. The summed E-state index contributed by atoms with van der Waals surface area (Å²) in [5, 5.41) is 0. The van der Waals surface area contributed by atoms with Crippen molar-refractivity contribution in [3.8, 4) is 0 Å². The zero-order valence-electron chi connectivity index (χ0n) is 11.5. The number of unbranched alkanes of at least 4 members (excludes halogenated alkanes) is 5. The molecule has 0 aliphatic carbocycles. The van der Waals surface area contributed by atoms with E-state index in [0.29, 0.717) is 23.2 Å². The first-order chi connectivity index (χ1) is 9.10. The van der Waals surface area contributed by atoms with E-state index in [1.807, 2.05) is 0 Å². The van der Waals surface area contributed by atoms with Gasteiger partial charge in [-0.25, -0.2) is 8.42 Å². The van der Waals surface area contributed by atoms with Crippen LogP contribution in [0, 0.1) is 0 Å². The maximum atomic E-state index is 12.0. The lowest BCUT2D eigenvalue weighted by Crippen LogP contribution is -2.06. The number of hydrogen-bond acceptors (Lipinski definition) is 3. The predicted molar refractivity (Wildman–Crippen MR) is 77.3 cm³/mol. The Hall–Kier alpha value is -1.16. The maximum Gasteiger partial charge on any atom is 0.178 e. The molecule has 0 N–H and O–H groups in total. The second kappa shape index (κ2) is 8.10. The molecule has 0 bridgehead atoms. The molecule has 1 aromatic carbocycles. The van der Waals surface area contributed by atoms with Crippen molar-refractivity contribution < 1.29 is 13.2 Å². The second-order valence-electron chi connectivity index (χ2n) is 4.77. The van der Waals surface area contributed by atoms with Crippen LogP contribution in [0.25, 0.3) is 0 Å². The van der Waals surface area contributed by atoms with Crippen molar-refractivity contribution in [3.63, 3.8) is 0 Å². The molecule has 0 saturated carbocycles. The summed E-state index contributed by atoms with van der Waals surface area (Å²) in [4.78, 5) is 10.8. The van der Waals surface area contributed by atoms with Crippen LogP contribution in [0.1, 0.15) is 55.8 Å². The Morgan fingerprint density at radius 1 is 0.947 bits per heavy atom. The maximum absolute atomic E-state index is 12.0. The zero-order chi connectivity index (χ0) is 14.1. The van der Waals surface area contributed by atoms with E-state index >= 15 is 0 Å². The average Bonchev–Trinajstić information content (AvgIpc) is 2.43. The molecule has 3 nitrogen and oxygen atoms in total. The summed E-state index contributed by atoms with van der Waals surface area (Å²) in [5.74, 6) is 0.194. The van der Waals surface area contributed by atoms with Gasteiger partial charge < -0.3 is 0 Å². The number of carbonyl (C=O) groups excluding carboxylic acids is 1. The molecule has 106 valence electrons. The summed E-state index contributed by atoms with van der Waals surface area (Å²) in [5.41, 5.74) is 0.499. The molecule has 4 heteroatoms. The van der Waals surface area contributed by atoms with E-state index in [1.165, 1.54) is 31.4 Å². The summed E-state index contributed by atoms with van der Waals surface area (Å²) in [6.45, 7) is 2.16. The Morgan fingerprint density at radius 2 is 1.53 bits per heavy atom. The Labute approximate surface area is 116 Å². The first kappa shape index (κ1) is 15.9. The van der Waals surface area contributed by atoms with Crippen molar-refractivity contribution in [3.05, 3.63) is 29.8 Å². The summed E-state index contributed by atoms with van der Waals surface area (Å²) in [6.07, 6.45) is 7.09. The van der Waals surface area contributed by atoms with Crippen LogP contribution >= 0.6 is 0 Å². The van der Waals surface area contributed by atoms with E-state index in [0.717, 1.165) is 12.8 Å². The molecule has 0 spiro atoms. The smallest absolute Gasteiger partial charge is 0.178 e. The normalized spacial score (nSPS) is 11.4. The van der Waals surface area contributed by atoms with Gasteiger partial charge >= 0.3 is 0 Å². The standard InChI is InChI=1S/C15H22O3S/c1-2-3-4-5-6-7-12-19(17,18)15-10-8-14(13-16)9-11-15/h8-11,13H,2-7,12H2,1H3.